The van der Waals surface area contributed by atoms with Crippen molar-refractivity contribution in [2.24, 2.45) is 0 Å². The van der Waals surface area contributed by atoms with Gasteiger partial charge in [0.15, 0.2) is 5.78 Å². The fourth-order valence-electron chi connectivity index (χ4n) is 2.34. The zero-order valence-corrected chi connectivity index (χ0v) is 15.1. The molecule has 2 nitrogen and oxygen atoms in total. The molecular weight excluding hydrogens is 376 g/mol. The Morgan fingerprint density at radius 2 is 1.56 bits per heavy atom. The highest BCUT2D eigenvalue weighted by Crippen LogP contribution is 2.18. The van der Waals surface area contributed by atoms with E-state index in [1.54, 1.807) is 12.1 Å². The zero-order valence-electron chi connectivity index (χ0n) is 13.6. The van der Waals surface area contributed by atoms with Gasteiger partial charge in [-0.2, -0.15) is 0 Å². The quantitative estimate of drug-likeness (QED) is 0.384. The summed E-state index contributed by atoms with van der Waals surface area (Å²) >= 11 is 3.40. The first-order chi connectivity index (χ1) is 12.2. The molecule has 0 saturated heterocycles. The van der Waals surface area contributed by atoms with Gasteiger partial charge in [-0.15, -0.1) is 0 Å². The van der Waals surface area contributed by atoms with Crippen molar-refractivity contribution in [3.05, 3.63) is 106 Å². The van der Waals surface area contributed by atoms with E-state index in [4.69, 9.17) is 4.74 Å². The Morgan fingerprint density at radius 1 is 0.880 bits per heavy atom. The van der Waals surface area contributed by atoms with Crippen LogP contribution in [0.15, 0.2) is 89.4 Å². The van der Waals surface area contributed by atoms with Gasteiger partial charge in [0.2, 0.25) is 0 Å². The lowest BCUT2D eigenvalue weighted by atomic mass is 10.1. The van der Waals surface area contributed by atoms with Crippen LogP contribution in [0.2, 0.25) is 0 Å². The number of halogens is 1. The largest absolute Gasteiger partial charge is 0.489 e. The molecule has 0 bridgehead atoms. The van der Waals surface area contributed by atoms with Gasteiger partial charge in [-0.3, -0.25) is 4.79 Å². The van der Waals surface area contributed by atoms with Crippen molar-refractivity contribution in [2.75, 3.05) is 0 Å². The molecule has 0 saturated carbocycles. The van der Waals surface area contributed by atoms with Crippen molar-refractivity contribution >= 4 is 27.8 Å². The van der Waals surface area contributed by atoms with E-state index in [2.05, 4.69) is 15.9 Å². The number of carbonyl (C=O) groups is 1. The fraction of sp³-hybridized carbons (Fsp3) is 0.0455. The Bertz CT molecular complexity index is 868. The van der Waals surface area contributed by atoms with Crippen LogP contribution in [-0.2, 0) is 6.61 Å². The summed E-state index contributed by atoms with van der Waals surface area (Å²) in [5.74, 6) is 0.773. The summed E-state index contributed by atoms with van der Waals surface area (Å²) in [5, 5.41) is 0. The molecule has 0 unspecified atom stereocenters. The van der Waals surface area contributed by atoms with E-state index in [0.29, 0.717) is 12.2 Å². The molecule has 0 fully saturated rings. The molecule has 3 rings (SSSR count). The Kier molecular flexibility index (Phi) is 5.81. The maximum atomic E-state index is 12.2. The van der Waals surface area contributed by atoms with Crippen molar-refractivity contribution in [3.63, 3.8) is 0 Å². The predicted octanol–water partition coefficient (Wildman–Crippen LogP) is 5.92. The summed E-state index contributed by atoms with van der Waals surface area (Å²) < 4.78 is 6.56. The van der Waals surface area contributed by atoms with Crippen LogP contribution in [0.5, 0.6) is 5.75 Å². The van der Waals surface area contributed by atoms with Gasteiger partial charge in [-0.1, -0.05) is 76.6 Å². The van der Waals surface area contributed by atoms with Gasteiger partial charge < -0.3 is 4.74 Å². The van der Waals surface area contributed by atoms with Crippen LogP contribution >= 0.6 is 15.9 Å². The first-order valence-corrected chi connectivity index (χ1v) is 8.75. The van der Waals surface area contributed by atoms with Crippen molar-refractivity contribution in [3.8, 4) is 5.75 Å². The van der Waals surface area contributed by atoms with Crippen LogP contribution < -0.4 is 4.74 Å². The van der Waals surface area contributed by atoms with E-state index in [1.807, 2.05) is 78.9 Å². The van der Waals surface area contributed by atoms with Gasteiger partial charge in [0.1, 0.15) is 12.4 Å². The van der Waals surface area contributed by atoms with E-state index < -0.39 is 0 Å². The molecule has 0 aliphatic carbocycles. The Hall–Kier alpha value is -2.65. The number of allylic oxidation sites excluding steroid dienone is 1. The van der Waals surface area contributed by atoms with Gasteiger partial charge in [0, 0.05) is 10.0 Å². The summed E-state index contributed by atoms with van der Waals surface area (Å²) in [5.41, 5.74) is 2.74. The molecule has 0 aliphatic rings. The van der Waals surface area contributed by atoms with Gasteiger partial charge in [0.25, 0.3) is 0 Å². The highest BCUT2D eigenvalue weighted by molar-refractivity contribution is 9.10. The van der Waals surface area contributed by atoms with Crippen LogP contribution in [-0.4, -0.2) is 5.78 Å². The number of hydrogen-bond donors (Lipinski definition) is 0. The van der Waals surface area contributed by atoms with E-state index in [9.17, 15) is 4.79 Å². The summed E-state index contributed by atoms with van der Waals surface area (Å²) in [7, 11) is 0. The normalized spacial score (nSPS) is 10.8. The predicted molar refractivity (Wildman–Crippen MR) is 105 cm³/mol. The standard InChI is InChI=1S/C22H17BrO2/c23-21-9-5-4-8-20(21)22(24)15-12-17-10-13-19(14-11-17)25-16-18-6-2-1-3-7-18/h1-15H,16H2. The maximum absolute atomic E-state index is 12.2. The van der Waals surface area contributed by atoms with E-state index in [0.717, 1.165) is 21.3 Å². The molecule has 0 amide bonds. The van der Waals surface area contributed by atoms with Crippen LogP contribution in [0.1, 0.15) is 21.5 Å². The van der Waals surface area contributed by atoms with Crippen LogP contribution in [0.4, 0.5) is 0 Å². The monoisotopic (exact) mass is 392 g/mol. The van der Waals surface area contributed by atoms with Gasteiger partial charge in [0.05, 0.1) is 0 Å². The molecule has 3 aromatic carbocycles. The second-order valence-corrected chi connectivity index (χ2v) is 6.38. The lowest BCUT2D eigenvalue weighted by molar-refractivity contribution is 0.104. The molecule has 25 heavy (non-hydrogen) atoms. The Balaban J connectivity index is 1.60. The number of carbonyl (C=O) groups excluding carboxylic acids is 1. The SMILES string of the molecule is O=C(C=Cc1ccc(OCc2ccccc2)cc1)c1ccccc1Br. The Morgan fingerprint density at radius 3 is 2.28 bits per heavy atom. The average Bonchev–Trinajstić information content (AvgIpc) is 2.66. The topological polar surface area (TPSA) is 26.3 Å². The first kappa shape index (κ1) is 17.2. The molecule has 0 spiro atoms. The number of hydrogen-bond acceptors (Lipinski definition) is 2. The number of benzene rings is 3. The maximum Gasteiger partial charge on any atom is 0.186 e. The minimum Gasteiger partial charge on any atom is -0.489 e. The summed E-state index contributed by atoms with van der Waals surface area (Å²) in [6, 6.07) is 25.1. The molecule has 3 heteroatoms. The number of ether oxygens (including phenoxy) is 1. The lowest BCUT2D eigenvalue weighted by Crippen LogP contribution is -1.95. The molecular formula is C22H17BrO2. The van der Waals surface area contributed by atoms with Crippen molar-refractivity contribution < 1.29 is 9.53 Å². The molecule has 0 atom stereocenters. The first-order valence-electron chi connectivity index (χ1n) is 7.96. The molecule has 3 aromatic rings. The smallest absolute Gasteiger partial charge is 0.186 e. The Labute approximate surface area is 155 Å². The minimum atomic E-state index is -0.0307. The summed E-state index contributed by atoms with van der Waals surface area (Å²) in [6.07, 6.45) is 3.39. The van der Waals surface area contributed by atoms with Crippen molar-refractivity contribution in [2.45, 2.75) is 6.61 Å². The van der Waals surface area contributed by atoms with E-state index in [-0.39, 0.29) is 5.78 Å². The number of ketones is 1. The minimum absolute atomic E-state index is 0.0307. The molecule has 0 radical (unpaired) electrons. The highest BCUT2D eigenvalue weighted by atomic mass is 79.9. The third-order valence-corrected chi connectivity index (χ3v) is 4.39. The van der Waals surface area contributed by atoms with Crippen molar-refractivity contribution in [1.82, 2.24) is 0 Å². The van der Waals surface area contributed by atoms with Gasteiger partial charge in [-0.05, 0) is 41.5 Å². The molecule has 124 valence electrons. The number of rotatable bonds is 6. The third-order valence-electron chi connectivity index (χ3n) is 3.69. The third kappa shape index (κ3) is 4.91. The van der Waals surface area contributed by atoms with Crippen LogP contribution in [0, 0.1) is 0 Å². The van der Waals surface area contributed by atoms with E-state index in [1.165, 1.54) is 0 Å². The van der Waals surface area contributed by atoms with Gasteiger partial charge >= 0.3 is 0 Å². The zero-order chi connectivity index (χ0) is 17.5. The lowest BCUT2D eigenvalue weighted by Gasteiger charge is -2.06. The second kappa shape index (κ2) is 8.45. The summed E-state index contributed by atoms with van der Waals surface area (Å²) in [6.45, 7) is 0.538. The summed E-state index contributed by atoms with van der Waals surface area (Å²) in [4.78, 5) is 12.2. The second-order valence-electron chi connectivity index (χ2n) is 5.52. The van der Waals surface area contributed by atoms with Crippen LogP contribution in [0.3, 0.4) is 0 Å². The molecule has 0 aromatic heterocycles. The van der Waals surface area contributed by atoms with Crippen molar-refractivity contribution in [1.29, 1.82) is 0 Å². The molecule has 0 heterocycles. The molecule has 0 N–H and O–H groups in total. The molecule has 0 aliphatic heterocycles. The fourth-order valence-corrected chi connectivity index (χ4v) is 2.82. The van der Waals surface area contributed by atoms with E-state index >= 15 is 0 Å². The highest BCUT2D eigenvalue weighted by Gasteiger charge is 2.05. The van der Waals surface area contributed by atoms with Gasteiger partial charge in [-0.25, -0.2) is 0 Å². The average molecular weight is 393 g/mol. The van der Waals surface area contributed by atoms with Crippen LogP contribution in [0.25, 0.3) is 6.08 Å².